The fourth-order valence-electron chi connectivity index (χ4n) is 4.17. The highest BCUT2D eigenvalue weighted by molar-refractivity contribution is 5.95. The van der Waals surface area contributed by atoms with Gasteiger partial charge in [0.1, 0.15) is 0 Å². The van der Waals surface area contributed by atoms with Crippen molar-refractivity contribution in [2.24, 2.45) is 5.73 Å². The van der Waals surface area contributed by atoms with Gasteiger partial charge in [-0.1, -0.05) is 18.2 Å². The molecule has 3 aliphatic rings. The lowest BCUT2D eigenvalue weighted by Gasteiger charge is -2.38. The van der Waals surface area contributed by atoms with Crippen LogP contribution in [0.5, 0.6) is 0 Å². The van der Waals surface area contributed by atoms with E-state index in [9.17, 15) is 14.4 Å². The SMILES string of the molecule is NC(=O)C1(OC(=O)c2cc3c(nn2)N2CCN(C(=O)c4ccccc4)CC2C3)CC1. The van der Waals surface area contributed by atoms with Gasteiger partial charge in [-0.25, -0.2) is 4.79 Å². The molecule has 2 fully saturated rings. The van der Waals surface area contributed by atoms with Gasteiger partial charge in [-0.3, -0.25) is 9.59 Å². The van der Waals surface area contributed by atoms with Gasteiger partial charge < -0.3 is 20.3 Å². The van der Waals surface area contributed by atoms with Crippen LogP contribution >= 0.6 is 0 Å². The van der Waals surface area contributed by atoms with Crippen LogP contribution < -0.4 is 10.6 Å². The van der Waals surface area contributed by atoms with E-state index in [1.807, 2.05) is 35.2 Å². The molecule has 9 nitrogen and oxygen atoms in total. The summed E-state index contributed by atoms with van der Waals surface area (Å²) < 4.78 is 5.29. The number of amides is 2. The number of esters is 1. The molecule has 3 heterocycles. The minimum atomic E-state index is -1.19. The van der Waals surface area contributed by atoms with Gasteiger partial charge in [-0.2, -0.15) is 0 Å². The maximum atomic E-state index is 12.8. The molecule has 154 valence electrons. The van der Waals surface area contributed by atoms with E-state index in [2.05, 4.69) is 15.1 Å². The largest absolute Gasteiger partial charge is 0.444 e. The molecule has 1 saturated carbocycles. The number of aromatic nitrogens is 2. The van der Waals surface area contributed by atoms with Gasteiger partial charge in [0.2, 0.25) is 0 Å². The maximum absolute atomic E-state index is 12.8. The highest BCUT2D eigenvalue weighted by Gasteiger charge is 2.53. The molecule has 2 aromatic rings. The average Bonchev–Trinajstić information content (AvgIpc) is 3.46. The van der Waals surface area contributed by atoms with Crippen molar-refractivity contribution in [2.45, 2.75) is 30.9 Å². The summed E-state index contributed by atoms with van der Waals surface area (Å²) in [4.78, 5) is 40.7. The Balaban J connectivity index is 1.30. The summed E-state index contributed by atoms with van der Waals surface area (Å²) in [6, 6.07) is 11.0. The van der Waals surface area contributed by atoms with Gasteiger partial charge in [-0.15, -0.1) is 10.2 Å². The third-order valence-electron chi connectivity index (χ3n) is 6.02. The molecule has 1 aromatic heterocycles. The van der Waals surface area contributed by atoms with Crippen molar-refractivity contribution in [1.82, 2.24) is 15.1 Å². The van der Waals surface area contributed by atoms with Crippen LogP contribution in [-0.2, 0) is 16.0 Å². The van der Waals surface area contributed by atoms with Crippen LogP contribution in [0.1, 0.15) is 39.3 Å². The lowest BCUT2D eigenvalue weighted by atomic mass is 10.1. The molecule has 1 aromatic carbocycles. The summed E-state index contributed by atoms with van der Waals surface area (Å²) in [7, 11) is 0. The lowest BCUT2D eigenvalue weighted by Crippen LogP contribution is -2.53. The monoisotopic (exact) mass is 407 g/mol. The molecule has 1 aliphatic carbocycles. The Morgan fingerprint density at radius 3 is 2.57 bits per heavy atom. The van der Waals surface area contributed by atoms with Crippen molar-refractivity contribution in [3.05, 3.63) is 53.2 Å². The molecule has 0 radical (unpaired) electrons. The van der Waals surface area contributed by atoms with Gasteiger partial charge in [0.05, 0.1) is 6.04 Å². The number of primary amides is 1. The lowest BCUT2D eigenvalue weighted by molar-refractivity contribution is -0.128. The smallest absolute Gasteiger partial charge is 0.359 e. The zero-order chi connectivity index (χ0) is 20.9. The first kappa shape index (κ1) is 18.5. The van der Waals surface area contributed by atoms with Crippen molar-refractivity contribution < 1.29 is 19.1 Å². The number of carbonyl (C=O) groups excluding carboxylic acids is 3. The van der Waals surface area contributed by atoms with Crippen LogP contribution in [0.4, 0.5) is 5.82 Å². The molecule has 2 N–H and O–H groups in total. The number of nitrogens with zero attached hydrogens (tertiary/aromatic N) is 4. The van der Waals surface area contributed by atoms with Crippen molar-refractivity contribution in [1.29, 1.82) is 0 Å². The van der Waals surface area contributed by atoms with Crippen LogP contribution in [0.2, 0.25) is 0 Å². The second-order valence-corrected chi connectivity index (χ2v) is 8.00. The highest BCUT2D eigenvalue weighted by atomic mass is 16.6. The predicted molar refractivity (Wildman–Crippen MR) is 106 cm³/mol. The Morgan fingerprint density at radius 1 is 1.10 bits per heavy atom. The molecule has 5 rings (SSSR count). The molecule has 0 spiro atoms. The van der Waals surface area contributed by atoms with Crippen LogP contribution in [0.15, 0.2) is 36.4 Å². The number of anilines is 1. The summed E-state index contributed by atoms with van der Waals surface area (Å²) in [6.07, 6.45) is 1.53. The van der Waals surface area contributed by atoms with Crippen molar-refractivity contribution >= 4 is 23.6 Å². The first-order valence-corrected chi connectivity index (χ1v) is 9.98. The summed E-state index contributed by atoms with van der Waals surface area (Å²) in [6.45, 7) is 1.82. The normalized spacial score (nSPS) is 20.9. The molecular weight excluding hydrogens is 386 g/mol. The van der Waals surface area contributed by atoms with E-state index >= 15 is 0 Å². The van der Waals surface area contributed by atoms with Crippen LogP contribution in [-0.4, -0.2) is 64.2 Å². The maximum Gasteiger partial charge on any atom is 0.359 e. The van der Waals surface area contributed by atoms with E-state index in [-0.39, 0.29) is 17.6 Å². The van der Waals surface area contributed by atoms with Crippen LogP contribution in [0.3, 0.4) is 0 Å². The fourth-order valence-corrected chi connectivity index (χ4v) is 4.17. The van der Waals surface area contributed by atoms with Crippen LogP contribution in [0.25, 0.3) is 0 Å². The van der Waals surface area contributed by atoms with Gasteiger partial charge in [0.15, 0.2) is 17.1 Å². The van der Waals surface area contributed by atoms with Gasteiger partial charge >= 0.3 is 5.97 Å². The van der Waals surface area contributed by atoms with Crippen molar-refractivity contribution in [2.75, 3.05) is 24.5 Å². The number of carbonyl (C=O) groups is 3. The van der Waals surface area contributed by atoms with E-state index in [1.165, 1.54) is 0 Å². The fraction of sp³-hybridized carbons (Fsp3) is 0.381. The first-order chi connectivity index (χ1) is 14.5. The molecule has 30 heavy (non-hydrogen) atoms. The first-order valence-electron chi connectivity index (χ1n) is 9.98. The topological polar surface area (TPSA) is 119 Å². The molecule has 9 heteroatoms. The number of ether oxygens (including phenoxy) is 1. The summed E-state index contributed by atoms with van der Waals surface area (Å²) in [5, 5.41) is 8.26. The second kappa shape index (κ2) is 6.79. The Kier molecular flexibility index (Phi) is 4.19. The average molecular weight is 407 g/mol. The van der Waals surface area contributed by atoms with E-state index in [0.717, 1.165) is 11.4 Å². The van der Waals surface area contributed by atoms with E-state index < -0.39 is 17.5 Å². The Morgan fingerprint density at radius 2 is 1.87 bits per heavy atom. The van der Waals surface area contributed by atoms with Gasteiger partial charge in [0.25, 0.3) is 11.8 Å². The predicted octanol–water partition coefficient (Wildman–Crippen LogP) is 0.538. The van der Waals surface area contributed by atoms with Gasteiger partial charge in [0, 0.05) is 43.6 Å². The van der Waals surface area contributed by atoms with E-state index in [0.29, 0.717) is 44.5 Å². The number of fused-ring (bicyclic) bond motifs is 3. The zero-order valence-electron chi connectivity index (χ0n) is 16.3. The molecular formula is C21H21N5O4. The highest BCUT2D eigenvalue weighted by Crippen LogP contribution is 2.40. The molecule has 1 unspecified atom stereocenters. The van der Waals surface area contributed by atoms with E-state index in [1.54, 1.807) is 6.07 Å². The van der Waals surface area contributed by atoms with E-state index in [4.69, 9.17) is 10.5 Å². The number of rotatable bonds is 4. The van der Waals surface area contributed by atoms with Crippen molar-refractivity contribution in [3.63, 3.8) is 0 Å². The standard InChI is InChI=1S/C21H21N5O4/c22-20(29)21(6-7-21)30-19(28)16-11-14-10-15-12-25(8-9-26(15)17(14)24-23-16)18(27)13-4-2-1-3-5-13/h1-5,11,15H,6-10,12H2,(H2,22,29). The number of hydrogen-bond donors (Lipinski definition) is 1. The number of nitrogens with two attached hydrogens (primary N) is 1. The zero-order valence-corrected chi connectivity index (χ0v) is 16.3. The minimum absolute atomic E-state index is 0.0164. The molecule has 2 aliphatic heterocycles. The summed E-state index contributed by atoms with van der Waals surface area (Å²) >= 11 is 0. The summed E-state index contributed by atoms with van der Waals surface area (Å²) in [5.41, 5.74) is 5.76. The number of benzene rings is 1. The van der Waals surface area contributed by atoms with Gasteiger partial charge in [-0.05, 0) is 24.6 Å². The Labute approximate surface area is 172 Å². The minimum Gasteiger partial charge on any atom is -0.444 e. The summed E-state index contributed by atoms with van der Waals surface area (Å²) in [5.74, 6) is -0.570. The third kappa shape index (κ3) is 3.06. The van der Waals surface area contributed by atoms with Crippen LogP contribution in [0, 0.1) is 0 Å². The number of hydrogen-bond acceptors (Lipinski definition) is 7. The Bertz CT molecular complexity index is 1040. The molecule has 0 bridgehead atoms. The molecule has 2 amide bonds. The number of piperazine rings is 1. The third-order valence-corrected chi connectivity index (χ3v) is 6.02. The molecule has 1 atom stereocenters. The quantitative estimate of drug-likeness (QED) is 0.735. The molecule has 1 saturated heterocycles. The second-order valence-electron chi connectivity index (χ2n) is 8.00. The Hall–Kier alpha value is -3.49. The van der Waals surface area contributed by atoms with Crippen molar-refractivity contribution in [3.8, 4) is 0 Å².